The Labute approximate surface area is 659 Å². The monoisotopic (exact) mass is 1550 g/mol. The number of nitrogens with one attached hydrogen (secondary N) is 6. The maximum Gasteiger partial charge on any atom is 0.322 e. The molecule has 2 fully saturated rings. The van der Waals surface area contributed by atoms with Crippen LogP contribution in [0.5, 0.6) is 0 Å². The number of carboxylic acids is 1. The third-order valence-corrected chi connectivity index (χ3v) is 20.0. The van der Waals surface area contributed by atoms with Crippen LogP contribution in [0.1, 0.15) is 172 Å². The van der Waals surface area contributed by atoms with Crippen molar-refractivity contribution < 1.29 is 72.2 Å². The van der Waals surface area contributed by atoms with Gasteiger partial charge < -0.3 is 43.6 Å². The number of pyridine rings is 2. The number of carboxylic acid groups (broad SMARTS) is 1. The van der Waals surface area contributed by atoms with E-state index in [1.807, 2.05) is 146 Å². The fraction of sp³-hybridized carbons (Fsp3) is 0.218. The number of nitrogens with zero attached hydrogens (tertiary/aromatic N) is 4. The van der Waals surface area contributed by atoms with Crippen LogP contribution in [0.25, 0.3) is 44.1 Å². The van der Waals surface area contributed by atoms with Crippen LogP contribution in [0.4, 0.5) is 28.4 Å². The first-order chi connectivity index (χ1) is 55.5. The molecule has 0 spiro atoms. The van der Waals surface area contributed by atoms with Gasteiger partial charge in [0.1, 0.15) is 18.6 Å². The third-order valence-electron chi connectivity index (χ3n) is 20.0. The second kappa shape index (κ2) is 36.7. The quantitative estimate of drug-likeness (QED) is 0.0118. The summed E-state index contributed by atoms with van der Waals surface area (Å²) in [5.74, 6) is -7.02. The molecular weight excluding hydrogens is 1470 g/mol. The standard InChI is InChI=1S/C44H40N6O7.C28H28N4O2.C15H13N3O6/c45-41(54)33-25-47-34-24-29(17-19-31(34)40(33)48-30-9-3-1-4-10-30)26-13-15-27(16-14-26)36(51)12-5-2-6-23-46-37(52)21-18-28-8-7-11-32-39(28)44(57)50(43(32)56)35-20-22-38(53)49-42(35)55;29-16-6-2-5-9-26(33)20-12-10-19(11-13-20)21-14-15-23-25(17-21)31-18-24(28(30)34)27(23)32-22-7-3-1-4-8-22;19-10-5-4-9(13(22)17-10)18-14(23)7-2-1-3-8(12(7)15(18)24)16-6-11(20)21/h1,3-4,7-11,13-17,19,24-25,35H,2,5-6,12,18,20-23H2,(H2,45,54)(H,46,52)(H,47,48)(H,49,53,55);1,3-4,7-8,10-15,17-18H,2,5-6,9,16,29H2,(H2,30,34)(H,31,32);1-3,9,16H,4-6H2,(H,20,21)(H,17,19,22). The van der Waals surface area contributed by atoms with Gasteiger partial charge in [-0.1, -0.05) is 140 Å². The Hall–Kier alpha value is -14.3. The molecule has 13 N–H and O–H groups in total. The van der Waals surface area contributed by atoms with Gasteiger partial charge in [-0.05, 0) is 134 Å². The fourth-order valence-corrected chi connectivity index (χ4v) is 14.1. The average molecular weight is 1550 g/mol. The zero-order valence-corrected chi connectivity index (χ0v) is 62.3. The number of aromatic nitrogens is 2. The van der Waals surface area contributed by atoms with Gasteiger partial charge in [0.25, 0.3) is 35.4 Å². The molecule has 14 rings (SSSR count). The number of fused-ring (bicyclic) bond motifs is 4. The van der Waals surface area contributed by atoms with Crippen molar-refractivity contribution in [3.8, 4) is 22.3 Å². The van der Waals surface area contributed by atoms with Gasteiger partial charge in [0.2, 0.25) is 29.5 Å². The zero-order valence-electron chi connectivity index (χ0n) is 62.3. The second-order valence-corrected chi connectivity index (χ2v) is 27.7. The summed E-state index contributed by atoms with van der Waals surface area (Å²) in [6, 6.07) is 53.0. The van der Waals surface area contributed by atoms with Gasteiger partial charge in [-0.25, -0.2) is 0 Å². The average Bonchev–Trinajstić information content (AvgIpc) is 1.75. The normalized spacial score (nSPS) is 14.8. The van der Waals surface area contributed by atoms with Crippen molar-refractivity contribution in [2.45, 2.75) is 102 Å². The number of para-hydroxylation sites is 2. The predicted molar refractivity (Wildman–Crippen MR) is 429 cm³/mol. The Morgan fingerprint density at radius 1 is 0.478 bits per heavy atom. The van der Waals surface area contributed by atoms with E-state index in [1.165, 1.54) is 36.7 Å². The summed E-state index contributed by atoms with van der Waals surface area (Å²) in [6.45, 7) is 0.678. The number of anilines is 5. The van der Waals surface area contributed by atoms with Crippen molar-refractivity contribution >= 4 is 133 Å². The summed E-state index contributed by atoms with van der Waals surface area (Å²) in [7, 11) is 0. The number of aryl methyl sites for hydroxylation is 1. The Morgan fingerprint density at radius 2 is 0.930 bits per heavy atom. The molecule has 0 saturated carbocycles. The Bertz CT molecular complexity index is 5530. The summed E-state index contributed by atoms with van der Waals surface area (Å²) in [5, 5.41) is 26.7. The molecule has 0 radical (unpaired) electrons. The van der Waals surface area contributed by atoms with E-state index in [0.29, 0.717) is 72.4 Å². The van der Waals surface area contributed by atoms with Gasteiger partial charge in [-0.3, -0.25) is 97.5 Å². The number of nitrogens with two attached hydrogens (primary N) is 3. The maximum absolute atomic E-state index is 13.3. The van der Waals surface area contributed by atoms with Crippen LogP contribution in [0, 0.1) is 0 Å². The number of unbranched alkanes of at least 4 members (excludes halogenated alkanes) is 4. The molecule has 115 heavy (non-hydrogen) atoms. The van der Waals surface area contributed by atoms with E-state index in [0.717, 1.165) is 91.0 Å². The summed E-state index contributed by atoms with van der Waals surface area (Å²) < 4.78 is 0. The number of imide groups is 4. The third kappa shape index (κ3) is 18.9. The van der Waals surface area contributed by atoms with Crippen LogP contribution in [0.2, 0.25) is 0 Å². The van der Waals surface area contributed by atoms with E-state index in [-0.39, 0.29) is 89.5 Å². The molecule has 28 nitrogen and oxygen atoms in total. The first-order valence-corrected chi connectivity index (χ1v) is 37.5. The van der Waals surface area contributed by atoms with E-state index in [9.17, 15) is 67.1 Å². The highest BCUT2D eigenvalue weighted by atomic mass is 16.4. The Kier molecular flexibility index (Phi) is 25.6. The molecule has 2 atom stereocenters. The molecule has 584 valence electrons. The maximum atomic E-state index is 13.3. The summed E-state index contributed by atoms with van der Waals surface area (Å²) in [6.07, 6.45) is 9.30. The van der Waals surface area contributed by atoms with Crippen LogP contribution in [0.15, 0.2) is 194 Å². The van der Waals surface area contributed by atoms with Crippen LogP contribution in [0.3, 0.4) is 0 Å². The van der Waals surface area contributed by atoms with Crippen molar-refractivity contribution in [3.63, 3.8) is 0 Å². The van der Waals surface area contributed by atoms with E-state index in [2.05, 4.69) is 41.9 Å². The minimum Gasteiger partial charge on any atom is -0.480 e. The Balaban J connectivity index is 0.000000177. The lowest BCUT2D eigenvalue weighted by Crippen LogP contribution is -2.54. The molecule has 6 heterocycles. The number of carbonyl (C=O) groups is 14. The van der Waals surface area contributed by atoms with Crippen molar-refractivity contribution in [2.75, 3.05) is 35.6 Å². The molecule has 2 aromatic heterocycles. The SMILES string of the molecule is NC(=O)c1cnc2cc(-c3ccc(C(=O)CCCCCNC(=O)CCc4cccc5c4C(=O)N(C4CCC(=O)NC4=O)C5=O)cc3)ccc2c1Nc1ccccc1.NCCCCCC(=O)c1ccc(-c2ccc3c(Nc4ccccc4)c(C(N)=O)cnc3c2)cc1.O=C(O)CNc1cccc2c1C(=O)N(C1CCC(=O)NC1=O)C2=O. The zero-order chi connectivity index (χ0) is 81.4. The van der Waals surface area contributed by atoms with E-state index in [4.69, 9.17) is 22.3 Å². The van der Waals surface area contributed by atoms with Crippen molar-refractivity contribution in [2.24, 2.45) is 17.2 Å². The van der Waals surface area contributed by atoms with Gasteiger partial charge in [-0.2, -0.15) is 0 Å². The van der Waals surface area contributed by atoms with E-state index >= 15 is 0 Å². The number of hydrogen-bond acceptors (Lipinski definition) is 20. The van der Waals surface area contributed by atoms with E-state index < -0.39 is 83.7 Å². The number of piperidine rings is 2. The number of ketones is 2. The summed E-state index contributed by atoms with van der Waals surface area (Å²) >= 11 is 0. The molecule has 2 unspecified atom stereocenters. The Morgan fingerprint density at radius 3 is 1.39 bits per heavy atom. The number of hydrogen-bond donors (Lipinski definition) is 10. The number of primary amides is 2. The summed E-state index contributed by atoms with van der Waals surface area (Å²) in [5.41, 5.74) is 28.1. The van der Waals surface area contributed by atoms with Gasteiger partial charge in [-0.15, -0.1) is 0 Å². The van der Waals surface area contributed by atoms with Gasteiger partial charge in [0, 0.05) is 90.0 Å². The molecule has 2 saturated heterocycles. The first kappa shape index (κ1) is 80.2. The largest absolute Gasteiger partial charge is 0.480 e. The number of aliphatic carboxylic acids is 1. The molecule has 4 aliphatic heterocycles. The first-order valence-electron chi connectivity index (χ1n) is 37.5. The van der Waals surface area contributed by atoms with Crippen molar-refractivity contribution in [1.29, 1.82) is 0 Å². The van der Waals surface area contributed by atoms with Gasteiger partial charge >= 0.3 is 5.97 Å². The fourth-order valence-electron chi connectivity index (χ4n) is 14.1. The van der Waals surface area contributed by atoms with Gasteiger partial charge in [0.15, 0.2) is 11.6 Å². The molecular formula is C87H81N13O15. The molecule has 10 aromatic rings. The molecule has 28 heteroatoms. The lowest BCUT2D eigenvalue weighted by molar-refractivity contribution is -0.137. The number of carbonyl (C=O) groups excluding carboxylic acids is 13. The lowest BCUT2D eigenvalue weighted by Gasteiger charge is -2.27. The summed E-state index contributed by atoms with van der Waals surface area (Å²) in [4.78, 5) is 182. The van der Waals surface area contributed by atoms with E-state index in [1.54, 1.807) is 12.1 Å². The van der Waals surface area contributed by atoms with Crippen molar-refractivity contribution in [3.05, 3.63) is 244 Å². The van der Waals surface area contributed by atoms with Crippen LogP contribution in [-0.4, -0.2) is 139 Å². The molecule has 8 aromatic carbocycles. The van der Waals surface area contributed by atoms with Crippen molar-refractivity contribution in [1.82, 2.24) is 35.7 Å². The molecule has 4 aliphatic rings. The lowest BCUT2D eigenvalue weighted by atomic mass is 9.98. The van der Waals surface area contributed by atoms with Crippen LogP contribution >= 0.6 is 0 Å². The number of Topliss-reactive ketones (excluding diaryl/α,β-unsaturated/α-hetero) is 2. The molecule has 11 amide bonds. The predicted octanol–water partition coefficient (Wildman–Crippen LogP) is 10.7. The smallest absolute Gasteiger partial charge is 0.322 e. The highest BCUT2D eigenvalue weighted by Gasteiger charge is 2.47. The highest BCUT2D eigenvalue weighted by Crippen LogP contribution is 2.37. The van der Waals surface area contributed by atoms with Crippen LogP contribution < -0.4 is 49.1 Å². The number of amides is 11. The highest BCUT2D eigenvalue weighted by molar-refractivity contribution is 6.26. The topological polar surface area (TPSA) is 442 Å². The molecule has 0 bridgehead atoms. The number of benzene rings is 8. The minimum atomic E-state index is -1.12. The van der Waals surface area contributed by atoms with Gasteiger partial charge in [0.05, 0.1) is 55.8 Å². The van der Waals surface area contributed by atoms with Crippen LogP contribution in [-0.2, 0) is 35.2 Å². The molecule has 0 aliphatic carbocycles. The number of rotatable bonds is 29. The second-order valence-electron chi connectivity index (χ2n) is 27.7. The minimum absolute atomic E-state index is 0.0287.